The fourth-order valence-corrected chi connectivity index (χ4v) is 3.17. The Kier molecular flexibility index (Phi) is 5.17. The van der Waals surface area contributed by atoms with Crippen molar-refractivity contribution in [2.45, 2.75) is 32.6 Å². The summed E-state index contributed by atoms with van der Waals surface area (Å²) in [4.78, 5) is 24.3. The molecule has 25 heavy (non-hydrogen) atoms. The lowest BCUT2D eigenvalue weighted by atomic mass is 10.0. The van der Waals surface area contributed by atoms with E-state index < -0.39 is 5.97 Å². The Bertz CT molecular complexity index is 816. The molecular formula is C21H22O4. The monoisotopic (exact) mass is 338 g/mol. The lowest BCUT2D eigenvalue weighted by Gasteiger charge is -2.13. The summed E-state index contributed by atoms with van der Waals surface area (Å²) < 4.78 is 10.9. The molecule has 0 radical (unpaired) electrons. The van der Waals surface area contributed by atoms with Gasteiger partial charge < -0.3 is 9.47 Å². The van der Waals surface area contributed by atoms with Gasteiger partial charge in [-0.25, -0.2) is 9.59 Å². The lowest BCUT2D eigenvalue weighted by molar-refractivity contribution is -0.129. The number of carbonyl (C=O) groups is 2. The summed E-state index contributed by atoms with van der Waals surface area (Å²) in [5.41, 5.74) is 0.813. The van der Waals surface area contributed by atoms with Gasteiger partial charge in [0.15, 0.2) is 0 Å². The van der Waals surface area contributed by atoms with Crippen molar-refractivity contribution in [3.05, 3.63) is 54.1 Å². The molecule has 4 nitrogen and oxygen atoms in total. The minimum Gasteiger partial charge on any atom is -0.462 e. The van der Waals surface area contributed by atoms with E-state index in [1.807, 2.05) is 24.3 Å². The van der Waals surface area contributed by atoms with Crippen LogP contribution in [0.4, 0.5) is 0 Å². The number of rotatable bonds is 5. The molecule has 130 valence electrons. The number of esters is 2. The highest BCUT2D eigenvalue weighted by Gasteiger charge is 2.20. The third kappa shape index (κ3) is 3.90. The van der Waals surface area contributed by atoms with Gasteiger partial charge >= 0.3 is 11.9 Å². The SMILES string of the molecule is C=C(C)C(=O)Oc1ccc(C(=O)OCC2CCCC2)c2ccccc12. The molecule has 2 aromatic carbocycles. The Morgan fingerprint density at radius 3 is 2.44 bits per heavy atom. The number of hydrogen-bond acceptors (Lipinski definition) is 4. The van der Waals surface area contributed by atoms with Gasteiger partial charge in [0, 0.05) is 11.0 Å². The van der Waals surface area contributed by atoms with Crippen molar-refractivity contribution in [2.24, 2.45) is 5.92 Å². The molecule has 2 aromatic rings. The average molecular weight is 338 g/mol. The van der Waals surface area contributed by atoms with E-state index >= 15 is 0 Å². The van der Waals surface area contributed by atoms with Crippen molar-refractivity contribution in [3.63, 3.8) is 0 Å². The van der Waals surface area contributed by atoms with Gasteiger partial charge in [0.05, 0.1) is 12.2 Å². The van der Waals surface area contributed by atoms with Gasteiger partial charge in [-0.2, -0.15) is 0 Å². The smallest absolute Gasteiger partial charge is 0.338 e. The Morgan fingerprint density at radius 2 is 1.76 bits per heavy atom. The van der Waals surface area contributed by atoms with Gasteiger partial charge in [-0.15, -0.1) is 0 Å². The van der Waals surface area contributed by atoms with Crippen LogP contribution in [-0.2, 0) is 9.53 Å². The van der Waals surface area contributed by atoms with Crippen LogP contribution in [0.15, 0.2) is 48.6 Å². The molecular weight excluding hydrogens is 316 g/mol. The van der Waals surface area contributed by atoms with Crippen LogP contribution in [0.5, 0.6) is 5.75 Å². The molecule has 0 aromatic heterocycles. The topological polar surface area (TPSA) is 52.6 Å². The van der Waals surface area contributed by atoms with E-state index in [1.165, 1.54) is 12.8 Å². The van der Waals surface area contributed by atoms with Crippen molar-refractivity contribution < 1.29 is 19.1 Å². The van der Waals surface area contributed by atoms with Gasteiger partial charge in [0.2, 0.25) is 0 Å². The van der Waals surface area contributed by atoms with Crippen LogP contribution < -0.4 is 4.74 Å². The van der Waals surface area contributed by atoms with Crippen molar-refractivity contribution in [1.29, 1.82) is 0 Å². The van der Waals surface area contributed by atoms with Crippen LogP contribution in [0.2, 0.25) is 0 Å². The minimum absolute atomic E-state index is 0.323. The number of carbonyl (C=O) groups excluding carboxylic acids is 2. The molecule has 4 heteroatoms. The van der Waals surface area contributed by atoms with Gasteiger partial charge in [-0.1, -0.05) is 43.7 Å². The number of fused-ring (bicyclic) bond motifs is 1. The second-order valence-corrected chi connectivity index (χ2v) is 6.58. The largest absolute Gasteiger partial charge is 0.462 e. The molecule has 0 amide bonds. The third-order valence-corrected chi connectivity index (χ3v) is 4.58. The maximum absolute atomic E-state index is 12.5. The zero-order valence-electron chi connectivity index (χ0n) is 14.4. The van der Waals surface area contributed by atoms with E-state index in [0.717, 1.165) is 12.8 Å². The number of benzene rings is 2. The van der Waals surface area contributed by atoms with E-state index in [2.05, 4.69) is 6.58 Å². The summed E-state index contributed by atoms with van der Waals surface area (Å²) in [6.45, 7) is 5.66. The molecule has 3 rings (SSSR count). The van der Waals surface area contributed by atoms with E-state index in [4.69, 9.17) is 9.47 Å². The Hall–Kier alpha value is -2.62. The summed E-state index contributed by atoms with van der Waals surface area (Å²) in [5.74, 6) is 0.0737. The van der Waals surface area contributed by atoms with E-state index in [0.29, 0.717) is 40.2 Å². The summed E-state index contributed by atoms with van der Waals surface area (Å²) in [6.07, 6.45) is 4.69. The predicted molar refractivity (Wildman–Crippen MR) is 96.6 cm³/mol. The Labute approximate surface area is 147 Å². The molecule has 0 aliphatic heterocycles. The second kappa shape index (κ2) is 7.51. The highest BCUT2D eigenvalue weighted by atomic mass is 16.5. The first-order chi connectivity index (χ1) is 12.1. The van der Waals surface area contributed by atoms with Crippen molar-refractivity contribution in [2.75, 3.05) is 6.61 Å². The maximum Gasteiger partial charge on any atom is 0.338 e. The van der Waals surface area contributed by atoms with Crippen LogP contribution >= 0.6 is 0 Å². The highest BCUT2D eigenvalue weighted by molar-refractivity contribution is 6.07. The van der Waals surface area contributed by atoms with Crippen LogP contribution in [0, 0.1) is 5.92 Å². The molecule has 0 saturated heterocycles. The first-order valence-corrected chi connectivity index (χ1v) is 8.63. The molecule has 0 heterocycles. The molecule has 1 fully saturated rings. The standard InChI is InChI=1S/C21H22O4/c1-14(2)20(22)25-19-12-11-18(16-9-5-6-10-17(16)19)21(23)24-13-15-7-3-4-8-15/h5-6,9-12,15H,1,3-4,7-8,13H2,2H3. The van der Waals surface area contributed by atoms with Crippen molar-refractivity contribution in [1.82, 2.24) is 0 Å². The van der Waals surface area contributed by atoms with Gasteiger partial charge in [0.25, 0.3) is 0 Å². The molecule has 1 saturated carbocycles. The van der Waals surface area contributed by atoms with Crippen molar-refractivity contribution in [3.8, 4) is 5.75 Å². The number of ether oxygens (including phenoxy) is 2. The molecule has 0 N–H and O–H groups in total. The first kappa shape index (κ1) is 17.2. The maximum atomic E-state index is 12.5. The molecule has 0 atom stereocenters. The average Bonchev–Trinajstić information content (AvgIpc) is 3.13. The zero-order valence-corrected chi connectivity index (χ0v) is 14.4. The van der Waals surface area contributed by atoms with Crippen molar-refractivity contribution >= 4 is 22.7 Å². The van der Waals surface area contributed by atoms with Gasteiger partial charge in [0.1, 0.15) is 5.75 Å². The van der Waals surface area contributed by atoms with Crippen LogP contribution in [0.3, 0.4) is 0 Å². The summed E-state index contributed by atoms with van der Waals surface area (Å²) >= 11 is 0. The molecule has 0 spiro atoms. The first-order valence-electron chi connectivity index (χ1n) is 8.63. The molecule has 0 bridgehead atoms. The zero-order chi connectivity index (χ0) is 17.8. The summed E-state index contributed by atoms with van der Waals surface area (Å²) in [5, 5.41) is 1.42. The van der Waals surface area contributed by atoms with Crippen LogP contribution in [0.1, 0.15) is 43.0 Å². The third-order valence-electron chi connectivity index (χ3n) is 4.58. The fourth-order valence-electron chi connectivity index (χ4n) is 3.17. The van der Waals surface area contributed by atoms with E-state index in [9.17, 15) is 9.59 Å². The lowest BCUT2D eigenvalue weighted by Crippen LogP contribution is -2.13. The van der Waals surface area contributed by atoms with Gasteiger partial charge in [-0.05, 0) is 43.2 Å². The number of hydrogen-bond donors (Lipinski definition) is 0. The quantitative estimate of drug-likeness (QED) is 0.452. The normalized spacial score (nSPS) is 14.4. The Balaban J connectivity index is 1.85. The highest BCUT2D eigenvalue weighted by Crippen LogP contribution is 2.30. The molecule has 0 unspecified atom stereocenters. The molecule has 1 aliphatic carbocycles. The van der Waals surface area contributed by atoms with E-state index in [-0.39, 0.29) is 5.97 Å². The van der Waals surface area contributed by atoms with Crippen LogP contribution in [0.25, 0.3) is 10.8 Å². The Morgan fingerprint density at radius 1 is 1.08 bits per heavy atom. The molecule has 1 aliphatic rings. The van der Waals surface area contributed by atoms with Crippen LogP contribution in [-0.4, -0.2) is 18.5 Å². The van der Waals surface area contributed by atoms with E-state index in [1.54, 1.807) is 19.1 Å². The van der Waals surface area contributed by atoms with Gasteiger partial charge in [-0.3, -0.25) is 0 Å². The predicted octanol–water partition coefficient (Wildman–Crippen LogP) is 4.67. The minimum atomic E-state index is -0.485. The summed E-state index contributed by atoms with van der Waals surface area (Å²) in [6, 6.07) is 10.6. The second-order valence-electron chi connectivity index (χ2n) is 6.58. The summed E-state index contributed by atoms with van der Waals surface area (Å²) in [7, 11) is 0. The fraction of sp³-hybridized carbons (Fsp3) is 0.333.